The van der Waals surface area contributed by atoms with Gasteiger partial charge in [0.15, 0.2) is 11.5 Å². The Hall–Kier alpha value is -3.40. The van der Waals surface area contributed by atoms with Gasteiger partial charge in [0.05, 0.1) is 5.56 Å². The number of carbonyl (C=O) groups excluding carboxylic acids is 1. The molecule has 2 aliphatic rings. The third kappa shape index (κ3) is 5.23. The lowest BCUT2D eigenvalue weighted by Crippen LogP contribution is -2.38. The van der Waals surface area contributed by atoms with E-state index in [4.69, 9.17) is 15.2 Å². The van der Waals surface area contributed by atoms with Crippen LogP contribution in [0, 0.1) is 5.92 Å². The van der Waals surface area contributed by atoms with Gasteiger partial charge in [-0.2, -0.15) is 13.2 Å². The number of nitrogens with two attached hydrogens (primary N) is 1. The van der Waals surface area contributed by atoms with Crippen molar-refractivity contribution in [2.75, 3.05) is 31.2 Å². The highest BCUT2D eigenvalue weighted by Crippen LogP contribution is 2.43. The van der Waals surface area contributed by atoms with Crippen molar-refractivity contribution >= 4 is 23.5 Å². The molecule has 188 valence electrons. The van der Waals surface area contributed by atoms with Gasteiger partial charge in [-0.1, -0.05) is 17.8 Å². The lowest BCUT2D eigenvalue weighted by Gasteiger charge is -2.31. The second kappa shape index (κ2) is 9.93. The molecule has 6 nitrogen and oxygen atoms in total. The SMILES string of the molecule is NC(=O)C1CCN(c2cc(-c3ccc(Sc4ccc5c(c4)OCCO5)c(C(F)(F)F)c3)ccn2)CC1. The van der Waals surface area contributed by atoms with Crippen LogP contribution in [0.4, 0.5) is 19.0 Å². The summed E-state index contributed by atoms with van der Waals surface area (Å²) in [7, 11) is 0. The van der Waals surface area contributed by atoms with E-state index < -0.39 is 11.7 Å². The molecular weight excluding hydrogens is 491 g/mol. The molecule has 0 unspecified atom stereocenters. The molecule has 1 fully saturated rings. The fourth-order valence-electron chi connectivity index (χ4n) is 4.40. The van der Waals surface area contributed by atoms with Gasteiger partial charge >= 0.3 is 6.18 Å². The van der Waals surface area contributed by atoms with Crippen molar-refractivity contribution in [3.05, 3.63) is 60.3 Å². The summed E-state index contributed by atoms with van der Waals surface area (Å²) in [5.41, 5.74) is 5.79. The average molecular weight is 516 g/mol. The molecule has 3 heterocycles. The Kier molecular flexibility index (Phi) is 6.70. The molecule has 2 aromatic carbocycles. The van der Waals surface area contributed by atoms with Gasteiger partial charge in [-0.15, -0.1) is 0 Å². The fraction of sp³-hybridized carbons (Fsp3) is 0.308. The molecule has 36 heavy (non-hydrogen) atoms. The van der Waals surface area contributed by atoms with Gasteiger partial charge in [-0.3, -0.25) is 4.79 Å². The number of benzene rings is 2. The van der Waals surface area contributed by atoms with Gasteiger partial charge in [0.2, 0.25) is 5.91 Å². The van der Waals surface area contributed by atoms with Gasteiger partial charge in [-0.25, -0.2) is 4.98 Å². The second-order valence-corrected chi connectivity index (χ2v) is 9.80. The van der Waals surface area contributed by atoms with Crippen LogP contribution in [0.3, 0.4) is 0 Å². The van der Waals surface area contributed by atoms with Crippen molar-refractivity contribution in [2.45, 2.75) is 28.8 Å². The maximum atomic E-state index is 14.1. The molecule has 0 spiro atoms. The van der Waals surface area contributed by atoms with E-state index >= 15 is 0 Å². The lowest BCUT2D eigenvalue weighted by molar-refractivity contribution is -0.139. The zero-order chi connectivity index (χ0) is 25.3. The Bertz CT molecular complexity index is 1280. The Morgan fingerprint density at radius 2 is 1.69 bits per heavy atom. The number of piperidine rings is 1. The second-order valence-electron chi connectivity index (χ2n) is 8.68. The molecule has 0 aliphatic carbocycles. The average Bonchev–Trinajstić information content (AvgIpc) is 2.88. The number of pyridine rings is 1. The molecule has 10 heteroatoms. The molecule has 1 amide bonds. The van der Waals surface area contributed by atoms with E-state index in [2.05, 4.69) is 4.98 Å². The Balaban J connectivity index is 1.41. The van der Waals surface area contributed by atoms with Crippen LogP contribution in [0.25, 0.3) is 11.1 Å². The molecule has 5 rings (SSSR count). The number of fused-ring (bicyclic) bond motifs is 1. The van der Waals surface area contributed by atoms with Crippen molar-refractivity contribution in [1.82, 2.24) is 4.98 Å². The molecule has 0 atom stereocenters. The predicted molar refractivity (Wildman–Crippen MR) is 130 cm³/mol. The zero-order valence-electron chi connectivity index (χ0n) is 19.3. The van der Waals surface area contributed by atoms with Gasteiger partial charge in [0.25, 0.3) is 0 Å². The number of amides is 1. The Morgan fingerprint density at radius 3 is 2.42 bits per heavy atom. The normalized spacial score (nSPS) is 16.1. The summed E-state index contributed by atoms with van der Waals surface area (Å²) in [6, 6.07) is 13.0. The van der Waals surface area contributed by atoms with E-state index in [-0.39, 0.29) is 16.7 Å². The van der Waals surface area contributed by atoms with Crippen LogP contribution in [0.5, 0.6) is 11.5 Å². The van der Waals surface area contributed by atoms with Crippen molar-refractivity contribution in [3.8, 4) is 22.6 Å². The molecule has 0 saturated carbocycles. The summed E-state index contributed by atoms with van der Waals surface area (Å²) in [6.45, 7) is 2.08. The maximum Gasteiger partial charge on any atom is 0.417 e. The minimum absolute atomic E-state index is 0.103. The Morgan fingerprint density at radius 1 is 0.972 bits per heavy atom. The van der Waals surface area contributed by atoms with Gasteiger partial charge in [-0.05, 0) is 66.4 Å². The van der Waals surface area contributed by atoms with Crippen LogP contribution in [-0.2, 0) is 11.0 Å². The van der Waals surface area contributed by atoms with E-state index in [1.54, 1.807) is 42.6 Å². The molecule has 1 saturated heterocycles. The number of alkyl halides is 3. The van der Waals surface area contributed by atoms with Gasteiger partial charge in [0, 0.05) is 35.0 Å². The first kappa shape index (κ1) is 24.3. The first-order valence-electron chi connectivity index (χ1n) is 11.6. The van der Waals surface area contributed by atoms with Gasteiger partial charge in [0.1, 0.15) is 19.0 Å². The summed E-state index contributed by atoms with van der Waals surface area (Å²) < 4.78 is 53.3. The molecule has 1 aromatic heterocycles. The number of halogens is 3. The predicted octanol–water partition coefficient (Wildman–Crippen LogP) is 5.39. The van der Waals surface area contributed by atoms with E-state index in [1.807, 2.05) is 4.90 Å². The van der Waals surface area contributed by atoms with Crippen LogP contribution in [0.1, 0.15) is 18.4 Å². The molecule has 0 radical (unpaired) electrons. The van der Waals surface area contributed by atoms with Crippen LogP contribution < -0.4 is 20.1 Å². The largest absolute Gasteiger partial charge is 0.486 e. The van der Waals surface area contributed by atoms with Crippen molar-refractivity contribution in [3.63, 3.8) is 0 Å². The number of hydrogen-bond donors (Lipinski definition) is 1. The Labute approximate surface area is 210 Å². The quantitative estimate of drug-likeness (QED) is 0.491. The summed E-state index contributed by atoms with van der Waals surface area (Å²) in [5, 5.41) is 0. The smallest absolute Gasteiger partial charge is 0.417 e. The highest BCUT2D eigenvalue weighted by atomic mass is 32.2. The number of nitrogens with zero attached hydrogens (tertiary/aromatic N) is 2. The summed E-state index contributed by atoms with van der Waals surface area (Å²) in [4.78, 5) is 18.6. The van der Waals surface area contributed by atoms with Gasteiger partial charge < -0.3 is 20.1 Å². The van der Waals surface area contributed by atoms with E-state index in [1.165, 1.54) is 12.1 Å². The minimum Gasteiger partial charge on any atom is -0.486 e. The molecule has 3 aromatic rings. The fourth-order valence-corrected chi connectivity index (χ4v) is 5.37. The van der Waals surface area contributed by atoms with Crippen molar-refractivity contribution < 1.29 is 27.4 Å². The topological polar surface area (TPSA) is 77.7 Å². The third-order valence-corrected chi connectivity index (χ3v) is 7.39. The van der Waals surface area contributed by atoms with E-state index in [9.17, 15) is 18.0 Å². The first-order chi connectivity index (χ1) is 17.3. The molecule has 2 aliphatic heterocycles. The lowest BCUT2D eigenvalue weighted by atomic mass is 9.96. The van der Waals surface area contributed by atoms with Crippen LogP contribution in [0.15, 0.2) is 64.5 Å². The standard InChI is InChI=1S/C26H24F3N3O3S/c27-26(28,29)20-13-17(1-4-23(20)36-19-2-3-21-22(15-19)35-12-11-34-21)18-5-8-31-24(14-18)32-9-6-16(7-10-32)25(30)33/h1-5,8,13-16H,6-7,9-12H2,(H2,30,33). The third-order valence-electron chi connectivity index (χ3n) is 6.33. The number of anilines is 1. The van der Waals surface area contributed by atoms with Crippen LogP contribution in [0.2, 0.25) is 0 Å². The van der Waals surface area contributed by atoms with Crippen molar-refractivity contribution in [2.24, 2.45) is 11.7 Å². The summed E-state index contributed by atoms with van der Waals surface area (Å²) in [6.07, 6.45) is -1.68. The monoisotopic (exact) mass is 515 g/mol. The number of primary amides is 1. The van der Waals surface area contributed by atoms with Crippen LogP contribution >= 0.6 is 11.8 Å². The first-order valence-corrected chi connectivity index (χ1v) is 12.4. The maximum absolute atomic E-state index is 14.1. The number of hydrogen-bond acceptors (Lipinski definition) is 6. The van der Waals surface area contributed by atoms with E-state index in [0.29, 0.717) is 72.5 Å². The number of ether oxygens (including phenoxy) is 2. The molecule has 0 bridgehead atoms. The number of carbonyl (C=O) groups is 1. The molecular formula is C26H24F3N3O3S. The minimum atomic E-state index is -4.53. The summed E-state index contributed by atoms with van der Waals surface area (Å²) in [5.74, 6) is 1.33. The number of rotatable bonds is 5. The van der Waals surface area contributed by atoms with Crippen LogP contribution in [-0.4, -0.2) is 37.2 Å². The highest BCUT2D eigenvalue weighted by molar-refractivity contribution is 7.99. The summed E-state index contributed by atoms with van der Waals surface area (Å²) >= 11 is 1.03. The van der Waals surface area contributed by atoms with E-state index in [0.717, 1.165) is 11.8 Å². The molecule has 2 N–H and O–H groups in total. The number of aromatic nitrogens is 1. The zero-order valence-corrected chi connectivity index (χ0v) is 20.1. The highest BCUT2D eigenvalue weighted by Gasteiger charge is 2.34. The van der Waals surface area contributed by atoms with Crippen molar-refractivity contribution in [1.29, 1.82) is 0 Å².